The summed E-state index contributed by atoms with van der Waals surface area (Å²) in [4.78, 5) is 2.61. The van der Waals surface area contributed by atoms with E-state index < -0.39 is 0 Å². The molecule has 112 valence electrons. The average Bonchev–Trinajstić information content (AvgIpc) is 3.29. The van der Waals surface area contributed by atoms with E-state index in [9.17, 15) is 0 Å². The summed E-state index contributed by atoms with van der Waals surface area (Å²) in [5.41, 5.74) is 9.12. The largest absolute Gasteiger partial charge is 0.323 e. The Morgan fingerprint density at radius 3 is 2.40 bits per heavy atom. The number of unbranched alkanes of at least 4 members (excludes halogenated alkanes) is 1. The van der Waals surface area contributed by atoms with Gasteiger partial charge in [-0.1, -0.05) is 51.0 Å². The van der Waals surface area contributed by atoms with E-state index in [0.717, 1.165) is 12.6 Å². The van der Waals surface area contributed by atoms with Crippen LogP contribution >= 0.6 is 0 Å². The van der Waals surface area contributed by atoms with Crippen LogP contribution in [0.25, 0.3) is 0 Å². The Hall–Kier alpha value is -0.860. The molecule has 0 aromatic heterocycles. The zero-order chi connectivity index (χ0) is 14.4. The minimum atomic E-state index is 0.156. The lowest BCUT2D eigenvalue weighted by Gasteiger charge is -2.25. The molecule has 0 saturated heterocycles. The van der Waals surface area contributed by atoms with E-state index >= 15 is 0 Å². The van der Waals surface area contributed by atoms with Gasteiger partial charge in [-0.25, -0.2) is 0 Å². The zero-order valence-corrected chi connectivity index (χ0v) is 13.1. The van der Waals surface area contributed by atoms with E-state index in [2.05, 4.69) is 43.0 Å². The van der Waals surface area contributed by atoms with E-state index in [-0.39, 0.29) is 6.04 Å². The normalized spacial score (nSPS) is 16.6. The molecule has 1 fully saturated rings. The molecule has 1 saturated carbocycles. The number of aryl methyl sites for hydroxylation is 1. The molecule has 1 aliphatic carbocycles. The number of benzene rings is 1. The zero-order valence-electron chi connectivity index (χ0n) is 13.1. The Bertz CT molecular complexity index is 381. The quantitative estimate of drug-likeness (QED) is 0.740. The average molecular weight is 274 g/mol. The highest BCUT2D eigenvalue weighted by Crippen LogP contribution is 2.28. The summed E-state index contributed by atoms with van der Waals surface area (Å²) in [7, 11) is 0. The van der Waals surface area contributed by atoms with Crippen molar-refractivity contribution >= 4 is 0 Å². The maximum atomic E-state index is 6.42. The van der Waals surface area contributed by atoms with Gasteiger partial charge in [0.1, 0.15) is 0 Å². The van der Waals surface area contributed by atoms with Gasteiger partial charge in [0, 0.05) is 18.6 Å². The van der Waals surface area contributed by atoms with Crippen molar-refractivity contribution in [2.75, 3.05) is 13.1 Å². The van der Waals surface area contributed by atoms with Crippen LogP contribution < -0.4 is 5.73 Å². The van der Waals surface area contributed by atoms with Crippen LogP contribution in [0.5, 0.6) is 0 Å². The first-order valence-electron chi connectivity index (χ1n) is 8.33. The lowest BCUT2D eigenvalue weighted by molar-refractivity contribution is 0.244. The Morgan fingerprint density at radius 1 is 1.15 bits per heavy atom. The Balaban J connectivity index is 1.89. The van der Waals surface area contributed by atoms with E-state index in [1.54, 1.807) is 0 Å². The van der Waals surface area contributed by atoms with Crippen LogP contribution in [-0.4, -0.2) is 24.0 Å². The van der Waals surface area contributed by atoms with Crippen molar-refractivity contribution in [2.45, 2.75) is 64.5 Å². The predicted molar refractivity (Wildman–Crippen MR) is 86.9 cm³/mol. The first-order valence-corrected chi connectivity index (χ1v) is 8.33. The summed E-state index contributed by atoms with van der Waals surface area (Å²) in [5, 5.41) is 0. The standard InChI is InChI=1S/C18H30N2/c1-3-5-13-20(17-11-12-17)14-18(19)16-9-7-15(6-4-2)8-10-16/h7-10,17-18H,3-6,11-14,19H2,1-2H3. The Morgan fingerprint density at radius 2 is 1.85 bits per heavy atom. The van der Waals surface area contributed by atoms with Gasteiger partial charge in [0.25, 0.3) is 0 Å². The molecule has 0 radical (unpaired) electrons. The lowest BCUT2D eigenvalue weighted by Crippen LogP contribution is -2.34. The van der Waals surface area contributed by atoms with Gasteiger partial charge in [0.2, 0.25) is 0 Å². The van der Waals surface area contributed by atoms with Gasteiger partial charge in [-0.05, 0) is 43.4 Å². The third-order valence-electron chi connectivity index (χ3n) is 4.24. The molecular weight excluding hydrogens is 244 g/mol. The third-order valence-corrected chi connectivity index (χ3v) is 4.24. The monoisotopic (exact) mass is 274 g/mol. The number of rotatable bonds is 9. The maximum absolute atomic E-state index is 6.42. The molecule has 1 aliphatic rings. The van der Waals surface area contributed by atoms with E-state index in [1.165, 1.54) is 56.2 Å². The molecule has 2 heteroatoms. The van der Waals surface area contributed by atoms with Crippen LogP contribution in [0.15, 0.2) is 24.3 Å². The summed E-state index contributed by atoms with van der Waals surface area (Å²) < 4.78 is 0. The Labute approximate surface area is 124 Å². The smallest absolute Gasteiger partial charge is 0.0424 e. The fourth-order valence-electron chi connectivity index (χ4n) is 2.80. The molecule has 1 aromatic rings. The molecule has 0 aliphatic heterocycles. The molecule has 0 bridgehead atoms. The molecule has 2 rings (SSSR count). The van der Waals surface area contributed by atoms with Crippen molar-refractivity contribution in [1.82, 2.24) is 4.90 Å². The van der Waals surface area contributed by atoms with Gasteiger partial charge >= 0.3 is 0 Å². The first-order chi connectivity index (χ1) is 9.74. The highest BCUT2D eigenvalue weighted by Gasteiger charge is 2.29. The molecular formula is C18H30N2. The van der Waals surface area contributed by atoms with Crippen LogP contribution in [-0.2, 0) is 6.42 Å². The molecule has 2 N–H and O–H groups in total. The molecule has 1 aromatic carbocycles. The topological polar surface area (TPSA) is 29.3 Å². The minimum absolute atomic E-state index is 0.156. The summed E-state index contributed by atoms with van der Waals surface area (Å²) in [5.74, 6) is 0. The predicted octanol–water partition coefficient (Wildman–Crippen LogP) is 3.90. The number of hydrogen-bond donors (Lipinski definition) is 1. The molecule has 0 amide bonds. The summed E-state index contributed by atoms with van der Waals surface area (Å²) >= 11 is 0. The minimum Gasteiger partial charge on any atom is -0.323 e. The molecule has 1 atom stereocenters. The molecule has 20 heavy (non-hydrogen) atoms. The van der Waals surface area contributed by atoms with E-state index in [4.69, 9.17) is 5.73 Å². The summed E-state index contributed by atoms with van der Waals surface area (Å²) in [6, 6.07) is 9.90. The SMILES string of the molecule is CCCCN(CC(N)c1ccc(CCC)cc1)C1CC1. The molecule has 0 heterocycles. The van der Waals surface area contributed by atoms with Crippen molar-refractivity contribution in [3.8, 4) is 0 Å². The Kier molecular flexibility index (Phi) is 6.06. The van der Waals surface area contributed by atoms with Gasteiger partial charge in [0.15, 0.2) is 0 Å². The number of hydrogen-bond acceptors (Lipinski definition) is 2. The van der Waals surface area contributed by atoms with Gasteiger partial charge in [-0.15, -0.1) is 0 Å². The van der Waals surface area contributed by atoms with Crippen molar-refractivity contribution < 1.29 is 0 Å². The second-order valence-corrected chi connectivity index (χ2v) is 6.18. The van der Waals surface area contributed by atoms with Crippen molar-refractivity contribution in [3.63, 3.8) is 0 Å². The summed E-state index contributed by atoms with van der Waals surface area (Å²) in [6.07, 6.45) is 7.67. The fourth-order valence-corrected chi connectivity index (χ4v) is 2.80. The fraction of sp³-hybridized carbons (Fsp3) is 0.667. The van der Waals surface area contributed by atoms with Crippen LogP contribution in [0.3, 0.4) is 0 Å². The lowest BCUT2D eigenvalue weighted by atomic mass is 10.0. The van der Waals surface area contributed by atoms with Crippen LogP contribution in [0.4, 0.5) is 0 Å². The van der Waals surface area contributed by atoms with Gasteiger partial charge < -0.3 is 5.73 Å². The molecule has 1 unspecified atom stereocenters. The maximum Gasteiger partial charge on any atom is 0.0424 e. The van der Waals surface area contributed by atoms with Crippen molar-refractivity contribution in [1.29, 1.82) is 0 Å². The van der Waals surface area contributed by atoms with E-state index in [0.29, 0.717) is 0 Å². The third kappa shape index (κ3) is 4.60. The second-order valence-electron chi connectivity index (χ2n) is 6.18. The highest BCUT2D eigenvalue weighted by molar-refractivity contribution is 5.25. The molecule has 2 nitrogen and oxygen atoms in total. The van der Waals surface area contributed by atoms with Gasteiger partial charge in [0.05, 0.1) is 0 Å². The number of nitrogens with two attached hydrogens (primary N) is 1. The van der Waals surface area contributed by atoms with Crippen molar-refractivity contribution in [2.24, 2.45) is 5.73 Å². The van der Waals surface area contributed by atoms with E-state index in [1.807, 2.05) is 0 Å². The number of nitrogens with zero attached hydrogens (tertiary/aromatic N) is 1. The summed E-state index contributed by atoms with van der Waals surface area (Å²) in [6.45, 7) is 6.71. The van der Waals surface area contributed by atoms with Crippen LogP contribution in [0.1, 0.15) is 63.1 Å². The van der Waals surface area contributed by atoms with Crippen LogP contribution in [0.2, 0.25) is 0 Å². The van der Waals surface area contributed by atoms with Crippen LogP contribution in [0, 0.1) is 0 Å². The van der Waals surface area contributed by atoms with Gasteiger partial charge in [-0.2, -0.15) is 0 Å². The highest BCUT2D eigenvalue weighted by atomic mass is 15.2. The first kappa shape index (κ1) is 15.5. The van der Waals surface area contributed by atoms with Crippen molar-refractivity contribution in [3.05, 3.63) is 35.4 Å². The second kappa shape index (κ2) is 7.80. The molecule has 0 spiro atoms. The van der Waals surface area contributed by atoms with Gasteiger partial charge in [-0.3, -0.25) is 4.90 Å².